The molecule has 1 saturated heterocycles. The normalized spacial score (nSPS) is 15.7. The van der Waals surface area contributed by atoms with E-state index in [1.54, 1.807) is 17.0 Å². The van der Waals surface area contributed by atoms with Gasteiger partial charge in [0.25, 0.3) is 0 Å². The second kappa shape index (κ2) is 7.48. The number of amides is 2. The van der Waals surface area contributed by atoms with E-state index in [9.17, 15) is 9.59 Å². The molecule has 27 heavy (non-hydrogen) atoms. The molecule has 2 amide bonds. The molecule has 2 aromatic carbocycles. The largest absolute Gasteiger partial charge is 0.486 e. The zero-order valence-corrected chi connectivity index (χ0v) is 15.4. The van der Waals surface area contributed by atoms with Gasteiger partial charge in [-0.1, -0.05) is 23.7 Å². The number of ether oxygens (including phenoxy) is 2. The van der Waals surface area contributed by atoms with Crippen LogP contribution in [-0.2, 0) is 16.0 Å². The molecule has 6 nitrogen and oxygen atoms in total. The minimum absolute atomic E-state index is 0.147. The molecule has 0 spiro atoms. The van der Waals surface area contributed by atoms with Crippen LogP contribution in [0.25, 0.3) is 0 Å². The Morgan fingerprint density at radius 3 is 2.48 bits per heavy atom. The summed E-state index contributed by atoms with van der Waals surface area (Å²) < 4.78 is 11.0. The molecule has 0 bridgehead atoms. The van der Waals surface area contributed by atoms with Gasteiger partial charge in [0.15, 0.2) is 11.5 Å². The lowest BCUT2D eigenvalue weighted by molar-refractivity contribution is -0.117. The molecule has 0 aliphatic carbocycles. The maximum absolute atomic E-state index is 12.4. The van der Waals surface area contributed by atoms with Crippen molar-refractivity contribution in [1.82, 2.24) is 0 Å². The van der Waals surface area contributed by atoms with Gasteiger partial charge in [-0.15, -0.1) is 0 Å². The first kappa shape index (κ1) is 17.7. The van der Waals surface area contributed by atoms with E-state index in [-0.39, 0.29) is 18.2 Å². The van der Waals surface area contributed by atoms with Gasteiger partial charge >= 0.3 is 0 Å². The van der Waals surface area contributed by atoms with Gasteiger partial charge < -0.3 is 19.7 Å². The quantitative estimate of drug-likeness (QED) is 0.874. The van der Waals surface area contributed by atoms with E-state index in [2.05, 4.69) is 5.32 Å². The molecule has 2 aromatic rings. The van der Waals surface area contributed by atoms with Crippen molar-refractivity contribution in [3.05, 3.63) is 47.0 Å². The van der Waals surface area contributed by atoms with E-state index in [0.717, 1.165) is 24.2 Å². The summed E-state index contributed by atoms with van der Waals surface area (Å²) in [6.07, 6.45) is 1.69. The third-order valence-corrected chi connectivity index (χ3v) is 4.90. The molecule has 0 unspecified atom stereocenters. The standard InChI is InChI=1S/C20H19ClN2O4/c21-15-11-17-18(27-9-8-26-17)12-16(15)22-19(24)10-13-3-5-14(6-4-13)23-7-1-2-20(23)25/h3-6,11-12H,1-2,7-10H2,(H,22,24). The number of nitrogens with one attached hydrogen (secondary N) is 1. The molecule has 2 heterocycles. The molecular weight excluding hydrogens is 368 g/mol. The van der Waals surface area contributed by atoms with Crippen LogP contribution >= 0.6 is 11.6 Å². The van der Waals surface area contributed by atoms with Gasteiger partial charge in [0.2, 0.25) is 11.8 Å². The van der Waals surface area contributed by atoms with E-state index in [1.165, 1.54) is 0 Å². The third kappa shape index (κ3) is 3.85. The zero-order chi connectivity index (χ0) is 18.8. The van der Waals surface area contributed by atoms with E-state index < -0.39 is 0 Å². The average Bonchev–Trinajstić information content (AvgIpc) is 3.09. The van der Waals surface area contributed by atoms with Crippen LogP contribution in [0.1, 0.15) is 18.4 Å². The number of rotatable bonds is 4. The fraction of sp³-hybridized carbons (Fsp3) is 0.300. The summed E-state index contributed by atoms with van der Waals surface area (Å²) in [6.45, 7) is 1.70. The number of fused-ring (bicyclic) bond motifs is 1. The van der Waals surface area contributed by atoms with Gasteiger partial charge in [-0.3, -0.25) is 9.59 Å². The molecule has 4 rings (SSSR count). The Hall–Kier alpha value is -2.73. The van der Waals surface area contributed by atoms with Crippen molar-refractivity contribution in [2.45, 2.75) is 19.3 Å². The molecule has 0 radical (unpaired) electrons. The minimum Gasteiger partial charge on any atom is -0.486 e. The lowest BCUT2D eigenvalue weighted by Crippen LogP contribution is -2.23. The number of hydrogen-bond acceptors (Lipinski definition) is 4. The number of hydrogen-bond donors (Lipinski definition) is 1. The van der Waals surface area contributed by atoms with Crippen LogP contribution in [0.5, 0.6) is 11.5 Å². The van der Waals surface area contributed by atoms with Crippen LogP contribution in [0.15, 0.2) is 36.4 Å². The van der Waals surface area contributed by atoms with E-state index in [0.29, 0.717) is 41.8 Å². The van der Waals surface area contributed by atoms with Crippen LogP contribution in [0.4, 0.5) is 11.4 Å². The zero-order valence-electron chi connectivity index (χ0n) is 14.7. The monoisotopic (exact) mass is 386 g/mol. The van der Waals surface area contributed by atoms with Crippen molar-refractivity contribution in [3.8, 4) is 11.5 Å². The van der Waals surface area contributed by atoms with Crippen molar-refractivity contribution in [2.24, 2.45) is 0 Å². The number of carbonyl (C=O) groups is 2. The SMILES string of the molecule is O=C(Cc1ccc(N2CCCC2=O)cc1)Nc1cc2c(cc1Cl)OCCO2. The molecule has 7 heteroatoms. The molecule has 1 N–H and O–H groups in total. The van der Waals surface area contributed by atoms with Crippen molar-refractivity contribution in [1.29, 1.82) is 0 Å². The Bertz CT molecular complexity index is 882. The highest BCUT2D eigenvalue weighted by atomic mass is 35.5. The second-order valence-electron chi connectivity index (χ2n) is 6.52. The topological polar surface area (TPSA) is 67.9 Å². The second-order valence-corrected chi connectivity index (χ2v) is 6.92. The van der Waals surface area contributed by atoms with Crippen molar-refractivity contribution >= 4 is 34.8 Å². The van der Waals surface area contributed by atoms with Crippen LogP contribution < -0.4 is 19.7 Å². The fourth-order valence-electron chi connectivity index (χ4n) is 3.25. The van der Waals surface area contributed by atoms with Crippen molar-refractivity contribution < 1.29 is 19.1 Å². The Labute approximate surface area is 162 Å². The summed E-state index contributed by atoms with van der Waals surface area (Å²) in [6, 6.07) is 10.8. The highest BCUT2D eigenvalue weighted by molar-refractivity contribution is 6.34. The summed E-state index contributed by atoms with van der Waals surface area (Å²) in [5.41, 5.74) is 2.22. The number of anilines is 2. The van der Waals surface area contributed by atoms with Crippen molar-refractivity contribution in [2.75, 3.05) is 30.0 Å². The highest BCUT2D eigenvalue weighted by Gasteiger charge is 2.21. The molecule has 2 aliphatic rings. The molecule has 1 fully saturated rings. The first-order valence-electron chi connectivity index (χ1n) is 8.88. The molecule has 2 aliphatic heterocycles. The molecular formula is C20H19ClN2O4. The Kier molecular flexibility index (Phi) is 4.90. The Morgan fingerprint density at radius 2 is 1.81 bits per heavy atom. The van der Waals surface area contributed by atoms with Crippen LogP contribution in [-0.4, -0.2) is 31.6 Å². The maximum Gasteiger partial charge on any atom is 0.228 e. The summed E-state index contributed by atoms with van der Waals surface area (Å²) in [7, 11) is 0. The van der Waals surface area contributed by atoms with Crippen molar-refractivity contribution in [3.63, 3.8) is 0 Å². The van der Waals surface area contributed by atoms with Gasteiger partial charge in [-0.05, 0) is 24.1 Å². The van der Waals surface area contributed by atoms with Gasteiger partial charge in [0, 0.05) is 30.8 Å². The highest BCUT2D eigenvalue weighted by Crippen LogP contribution is 2.38. The number of benzene rings is 2. The number of halogens is 1. The smallest absolute Gasteiger partial charge is 0.228 e. The van der Waals surface area contributed by atoms with Gasteiger partial charge in [0.1, 0.15) is 13.2 Å². The molecule has 140 valence electrons. The van der Waals surface area contributed by atoms with E-state index in [4.69, 9.17) is 21.1 Å². The molecule has 0 saturated carbocycles. The lowest BCUT2D eigenvalue weighted by atomic mass is 10.1. The predicted octanol–water partition coefficient (Wildman–Crippen LogP) is 3.42. The summed E-state index contributed by atoms with van der Waals surface area (Å²) in [4.78, 5) is 26.0. The maximum atomic E-state index is 12.4. The third-order valence-electron chi connectivity index (χ3n) is 4.59. The first-order valence-corrected chi connectivity index (χ1v) is 9.26. The number of carbonyl (C=O) groups excluding carboxylic acids is 2. The minimum atomic E-state index is -0.182. The summed E-state index contributed by atoms with van der Waals surface area (Å²) in [5, 5.41) is 3.21. The van der Waals surface area contributed by atoms with Crippen LogP contribution in [0.2, 0.25) is 5.02 Å². The summed E-state index contributed by atoms with van der Waals surface area (Å²) in [5.74, 6) is 1.12. The van der Waals surface area contributed by atoms with E-state index >= 15 is 0 Å². The van der Waals surface area contributed by atoms with Gasteiger partial charge in [-0.25, -0.2) is 0 Å². The summed E-state index contributed by atoms with van der Waals surface area (Å²) >= 11 is 6.23. The molecule has 0 atom stereocenters. The Morgan fingerprint density at radius 1 is 1.11 bits per heavy atom. The molecule has 0 aromatic heterocycles. The van der Waals surface area contributed by atoms with E-state index in [1.807, 2.05) is 24.3 Å². The van der Waals surface area contributed by atoms with Crippen LogP contribution in [0, 0.1) is 0 Å². The number of nitrogens with zero attached hydrogens (tertiary/aromatic N) is 1. The first-order chi connectivity index (χ1) is 13.1. The van der Waals surface area contributed by atoms with Gasteiger partial charge in [0.05, 0.1) is 17.1 Å². The van der Waals surface area contributed by atoms with Gasteiger partial charge in [-0.2, -0.15) is 0 Å². The fourth-order valence-corrected chi connectivity index (χ4v) is 3.46. The lowest BCUT2D eigenvalue weighted by Gasteiger charge is -2.20. The average molecular weight is 387 g/mol. The van der Waals surface area contributed by atoms with Crippen LogP contribution in [0.3, 0.4) is 0 Å². The predicted molar refractivity (Wildman–Crippen MR) is 103 cm³/mol. The Balaban J connectivity index is 1.41.